The van der Waals surface area contributed by atoms with Crippen molar-refractivity contribution in [3.8, 4) is 0 Å². The van der Waals surface area contributed by atoms with Gasteiger partial charge in [-0.2, -0.15) is 0 Å². The second kappa shape index (κ2) is 11.2. The number of ether oxygens (including phenoxy) is 1. The van der Waals surface area contributed by atoms with Crippen molar-refractivity contribution in [2.24, 2.45) is 46.3 Å². The van der Waals surface area contributed by atoms with E-state index in [1.54, 1.807) is 0 Å². The molecule has 0 saturated heterocycles. The van der Waals surface area contributed by atoms with Crippen molar-refractivity contribution in [3.63, 3.8) is 0 Å². The molecule has 3 saturated carbocycles. The van der Waals surface area contributed by atoms with Crippen molar-refractivity contribution in [1.82, 2.24) is 0 Å². The summed E-state index contributed by atoms with van der Waals surface area (Å²) in [7, 11) is 0. The van der Waals surface area contributed by atoms with E-state index in [0.29, 0.717) is 5.41 Å². The van der Waals surface area contributed by atoms with Crippen LogP contribution in [0.25, 0.3) is 0 Å². The standard InChI is InChI=1S/C32H52O4/c1-6-22(21(2)3)8-7-9-23-11-13-27-26-12-10-24-20-25(36-30(35)15-14-29(33)34)16-18-32(24,5)28(26)17-19-31(23,27)4/h10,21-23,25-28H,6-9,11-20H2,1-5H3,(H,33,34). The summed E-state index contributed by atoms with van der Waals surface area (Å²) in [6.07, 6.45) is 17.5. The van der Waals surface area contributed by atoms with E-state index in [9.17, 15) is 9.59 Å². The van der Waals surface area contributed by atoms with Gasteiger partial charge in [-0.15, -0.1) is 0 Å². The van der Waals surface area contributed by atoms with Crippen LogP contribution in [0.5, 0.6) is 0 Å². The van der Waals surface area contributed by atoms with Crippen LogP contribution >= 0.6 is 0 Å². The molecule has 0 aromatic rings. The summed E-state index contributed by atoms with van der Waals surface area (Å²) in [4.78, 5) is 22.9. The van der Waals surface area contributed by atoms with Gasteiger partial charge in [-0.05, 0) is 97.7 Å². The van der Waals surface area contributed by atoms with Crippen LogP contribution in [0.2, 0.25) is 0 Å². The number of carboxylic acids is 1. The average molecular weight is 501 g/mol. The quantitative estimate of drug-likeness (QED) is 0.242. The minimum absolute atomic E-state index is 0.0230. The Morgan fingerprint density at radius 1 is 1.08 bits per heavy atom. The van der Waals surface area contributed by atoms with Crippen LogP contribution in [0.15, 0.2) is 11.6 Å². The number of allylic oxidation sites excluding steroid dienone is 1. The van der Waals surface area contributed by atoms with Crippen LogP contribution in [0.1, 0.15) is 125 Å². The summed E-state index contributed by atoms with van der Waals surface area (Å²) >= 11 is 0. The van der Waals surface area contributed by atoms with Gasteiger partial charge in [0.15, 0.2) is 0 Å². The number of hydrogen-bond donors (Lipinski definition) is 1. The smallest absolute Gasteiger partial charge is 0.306 e. The molecule has 0 bridgehead atoms. The van der Waals surface area contributed by atoms with Crippen LogP contribution in [0.4, 0.5) is 0 Å². The number of aliphatic carboxylic acids is 1. The number of esters is 1. The molecule has 4 rings (SSSR count). The van der Waals surface area contributed by atoms with Gasteiger partial charge >= 0.3 is 11.9 Å². The summed E-state index contributed by atoms with van der Waals surface area (Å²) in [5.41, 5.74) is 2.29. The van der Waals surface area contributed by atoms with Crippen LogP contribution in [0.3, 0.4) is 0 Å². The third-order valence-corrected chi connectivity index (χ3v) is 11.7. The predicted octanol–water partition coefficient (Wildman–Crippen LogP) is 8.19. The SMILES string of the molecule is CCC(CCCC1CCC2C3CC=C4CC(OC(=O)CCC(=O)O)CCC4(C)C3CCC12C)C(C)C. The number of fused-ring (bicyclic) bond motifs is 5. The van der Waals surface area contributed by atoms with Gasteiger partial charge in [-0.1, -0.05) is 65.5 Å². The van der Waals surface area contributed by atoms with E-state index in [2.05, 4.69) is 40.7 Å². The first-order valence-electron chi connectivity index (χ1n) is 15.2. The highest BCUT2D eigenvalue weighted by atomic mass is 16.5. The second-order valence-electron chi connectivity index (χ2n) is 13.7. The highest BCUT2D eigenvalue weighted by Gasteiger charge is 2.58. The monoisotopic (exact) mass is 500 g/mol. The van der Waals surface area contributed by atoms with E-state index >= 15 is 0 Å². The van der Waals surface area contributed by atoms with E-state index in [1.165, 1.54) is 63.4 Å². The van der Waals surface area contributed by atoms with Crippen molar-refractivity contribution in [2.75, 3.05) is 0 Å². The average Bonchev–Trinajstić information content (AvgIpc) is 3.16. The minimum atomic E-state index is -0.941. The highest BCUT2D eigenvalue weighted by Crippen LogP contribution is 2.66. The fraction of sp³-hybridized carbons (Fsp3) is 0.875. The fourth-order valence-corrected chi connectivity index (χ4v) is 9.40. The summed E-state index contributed by atoms with van der Waals surface area (Å²) in [5.74, 6) is 3.76. The molecule has 0 aromatic carbocycles. The Labute approximate surface area is 220 Å². The molecule has 8 atom stereocenters. The van der Waals surface area contributed by atoms with Crippen LogP contribution in [0, 0.1) is 46.3 Å². The number of hydrogen-bond acceptors (Lipinski definition) is 3. The second-order valence-corrected chi connectivity index (χ2v) is 13.7. The molecule has 4 aliphatic carbocycles. The summed E-state index contributed by atoms with van der Waals surface area (Å²) in [6.45, 7) is 12.3. The van der Waals surface area contributed by atoms with E-state index < -0.39 is 5.97 Å². The normalized spacial score (nSPS) is 38.5. The third kappa shape index (κ3) is 5.44. The molecule has 0 spiro atoms. The number of carbonyl (C=O) groups excluding carboxylic acids is 1. The molecule has 1 N–H and O–H groups in total. The summed E-state index contributed by atoms with van der Waals surface area (Å²) in [6, 6.07) is 0. The number of carbonyl (C=O) groups is 2. The Kier molecular flexibility index (Phi) is 8.62. The maximum atomic E-state index is 12.1. The molecule has 0 radical (unpaired) electrons. The van der Waals surface area contributed by atoms with E-state index in [1.807, 2.05) is 0 Å². The minimum Gasteiger partial charge on any atom is -0.481 e. The van der Waals surface area contributed by atoms with Gasteiger partial charge in [-0.25, -0.2) is 0 Å². The molecule has 4 heteroatoms. The Morgan fingerprint density at radius 2 is 1.86 bits per heavy atom. The Hall–Kier alpha value is -1.32. The first kappa shape index (κ1) is 27.7. The van der Waals surface area contributed by atoms with Crippen molar-refractivity contribution in [2.45, 2.75) is 131 Å². The molecule has 4 aliphatic rings. The first-order valence-corrected chi connectivity index (χ1v) is 15.2. The van der Waals surface area contributed by atoms with Crippen molar-refractivity contribution >= 4 is 11.9 Å². The molecular weight excluding hydrogens is 448 g/mol. The van der Waals surface area contributed by atoms with Gasteiger partial charge in [-0.3, -0.25) is 9.59 Å². The molecule has 8 unspecified atom stereocenters. The first-order chi connectivity index (χ1) is 17.1. The predicted molar refractivity (Wildman–Crippen MR) is 144 cm³/mol. The molecule has 36 heavy (non-hydrogen) atoms. The van der Waals surface area contributed by atoms with Crippen LogP contribution in [-0.4, -0.2) is 23.1 Å². The molecule has 3 fully saturated rings. The maximum Gasteiger partial charge on any atom is 0.306 e. The lowest BCUT2D eigenvalue weighted by Gasteiger charge is -2.58. The van der Waals surface area contributed by atoms with Crippen molar-refractivity contribution in [1.29, 1.82) is 0 Å². The lowest BCUT2D eigenvalue weighted by atomic mass is 9.47. The Morgan fingerprint density at radius 3 is 2.56 bits per heavy atom. The molecule has 0 aromatic heterocycles. The van der Waals surface area contributed by atoms with Gasteiger partial charge in [0, 0.05) is 6.42 Å². The lowest BCUT2D eigenvalue weighted by Crippen LogP contribution is -2.50. The number of carboxylic acid groups (broad SMARTS) is 1. The van der Waals surface area contributed by atoms with Gasteiger partial charge in [0.05, 0.1) is 12.8 Å². The van der Waals surface area contributed by atoms with Gasteiger partial charge in [0.1, 0.15) is 6.10 Å². The molecule has 4 nitrogen and oxygen atoms in total. The lowest BCUT2D eigenvalue weighted by molar-refractivity contribution is -0.154. The van der Waals surface area contributed by atoms with Crippen molar-refractivity contribution in [3.05, 3.63) is 11.6 Å². The van der Waals surface area contributed by atoms with Gasteiger partial charge in [0.2, 0.25) is 0 Å². The van der Waals surface area contributed by atoms with Crippen molar-refractivity contribution < 1.29 is 19.4 Å². The highest BCUT2D eigenvalue weighted by molar-refractivity contribution is 5.76. The topological polar surface area (TPSA) is 63.6 Å². The van der Waals surface area contributed by atoms with E-state index in [4.69, 9.17) is 9.84 Å². The zero-order chi connectivity index (χ0) is 26.1. The van der Waals surface area contributed by atoms with E-state index in [-0.39, 0.29) is 30.3 Å². The summed E-state index contributed by atoms with van der Waals surface area (Å²) < 4.78 is 5.71. The zero-order valence-electron chi connectivity index (χ0n) is 23.7. The van der Waals surface area contributed by atoms with E-state index in [0.717, 1.165) is 54.8 Å². The molecule has 204 valence electrons. The Bertz CT molecular complexity index is 830. The van der Waals surface area contributed by atoms with Crippen LogP contribution in [-0.2, 0) is 14.3 Å². The zero-order valence-corrected chi connectivity index (χ0v) is 23.7. The molecular formula is C32H52O4. The fourth-order valence-electron chi connectivity index (χ4n) is 9.40. The largest absolute Gasteiger partial charge is 0.481 e. The van der Waals surface area contributed by atoms with Crippen LogP contribution < -0.4 is 0 Å². The molecule has 0 amide bonds. The molecule has 0 aliphatic heterocycles. The Balaban J connectivity index is 1.37. The summed E-state index contributed by atoms with van der Waals surface area (Å²) in [5, 5.41) is 8.84. The van der Waals surface area contributed by atoms with Gasteiger partial charge in [0.25, 0.3) is 0 Å². The third-order valence-electron chi connectivity index (χ3n) is 11.7. The maximum absolute atomic E-state index is 12.1. The number of rotatable bonds is 10. The van der Waals surface area contributed by atoms with Gasteiger partial charge < -0.3 is 9.84 Å². The molecule has 0 heterocycles.